The number of carbonyl (C=O) groups is 2. The molecule has 1 N–H and O–H groups in total. The molecule has 0 spiro atoms. The van der Waals surface area contributed by atoms with Crippen molar-refractivity contribution in [3.63, 3.8) is 0 Å². The Balaban J connectivity index is 1.78. The number of carbonyl (C=O) groups excluding carboxylic acids is 2. The second kappa shape index (κ2) is 7.81. The first-order valence-electron chi connectivity index (χ1n) is 8.09. The van der Waals surface area contributed by atoms with Gasteiger partial charge in [-0.2, -0.15) is 0 Å². The molecular weight excluding hydrogens is 322 g/mol. The lowest BCUT2D eigenvalue weighted by molar-refractivity contribution is 0.0521. The Hall–Kier alpha value is -2.86. The van der Waals surface area contributed by atoms with Crippen LogP contribution in [0.15, 0.2) is 48.5 Å². The van der Waals surface area contributed by atoms with Crippen LogP contribution in [0.1, 0.15) is 27.6 Å². The molecule has 0 bridgehead atoms. The zero-order valence-corrected chi connectivity index (χ0v) is 13.9. The van der Waals surface area contributed by atoms with Gasteiger partial charge in [0.05, 0.1) is 13.2 Å². The molecule has 2 aromatic carbocycles. The lowest BCUT2D eigenvalue weighted by Gasteiger charge is -2.12. The summed E-state index contributed by atoms with van der Waals surface area (Å²) in [4.78, 5) is 24.4. The van der Waals surface area contributed by atoms with Gasteiger partial charge in [0.25, 0.3) is 5.91 Å². The third kappa shape index (κ3) is 4.58. The van der Waals surface area contributed by atoms with Gasteiger partial charge in [0.2, 0.25) is 0 Å². The molecule has 130 valence electrons. The average Bonchev–Trinajstić information content (AvgIpc) is 3.46. The zero-order chi connectivity index (χ0) is 17.6. The summed E-state index contributed by atoms with van der Waals surface area (Å²) < 4.78 is 15.8. The summed E-state index contributed by atoms with van der Waals surface area (Å²) >= 11 is 0. The highest BCUT2D eigenvalue weighted by atomic mass is 16.6. The molecule has 6 nitrogen and oxygen atoms in total. The Bertz CT molecular complexity index is 756. The van der Waals surface area contributed by atoms with Crippen molar-refractivity contribution in [2.24, 2.45) is 0 Å². The minimum Gasteiger partial charge on any atom is -0.490 e. The van der Waals surface area contributed by atoms with Crippen LogP contribution in [0, 0.1) is 0 Å². The molecule has 1 amide bonds. The SMILES string of the molecule is CCOC(=O)c1cc(NC(=O)c2ccccc2)ccc1OCC1CO1. The molecule has 3 rings (SSSR count). The third-order valence-electron chi connectivity index (χ3n) is 3.60. The third-order valence-corrected chi connectivity index (χ3v) is 3.60. The van der Waals surface area contributed by atoms with Crippen molar-refractivity contribution in [2.45, 2.75) is 13.0 Å². The van der Waals surface area contributed by atoms with E-state index in [2.05, 4.69) is 5.32 Å². The van der Waals surface area contributed by atoms with Crippen molar-refractivity contribution in [3.05, 3.63) is 59.7 Å². The van der Waals surface area contributed by atoms with Crippen LogP contribution in [0.3, 0.4) is 0 Å². The highest BCUT2D eigenvalue weighted by Crippen LogP contribution is 2.25. The van der Waals surface area contributed by atoms with Gasteiger partial charge in [-0.1, -0.05) is 18.2 Å². The highest BCUT2D eigenvalue weighted by molar-refractivity contribution is 6.05. The number of ether oxygens (including phenoxy) is 3. The van der Waals surface area contributed by atoms with E-state index in [1.165, 1.54) is 0 Å². The molecule has 0 saturated carbocycles. The fourth-order valence-corrected chi connectivity index (χ4v) is 2.24. The number of benzene rings is 2. The minimum absolute atomic E-state index is 0.0764. The number of hydrogen-bond donors (Lipinski definition) is 1. The lowest BCUT2D eigenvalue weighted by atomic mass is 10.1. The Morgan fingerprint density at radius 2 is 1.96 bits per heavy atom. The van der Waals surface area contributed by atoms with E-state index in [4.69, 9.17) is 14.2 Å². The normalized spacial score (nSPS) is 15.3. The van der Waals surface area contributed by atoms with E-state index in [-0.39, 0.29) is 24.2 Å². The van der Waals surface area contributed by atoms with Crippen LogP contribution in [-0.2, 0) is 9.47 Å². The fourth-order valence-electron chi connectivity index (χ4n) is 2.24. The number of hydrogen-bond acceptors (Lipinski definition) is 5. The Morgan fingerprint density at radius 3 is 2.64 bits per heavy atom. The molecule has 1 heterocycles. The molecule has 1 aliphatic heterocycles. The zero-order valence-electron chi connectivity index (χ0n) is 13.9. The van der Waals surface area contributed by atoms with Crippen molar-refractivity contribution in [1.82, 2.24) is 0 Å². The lowest BCUT2D eigenvalue weighted by Crippen LogP contribution is -2.14. The van der Waals surface area contributed by atoms with Gasteiger partial charge in [0, 0.05) is 11.3 Å². The van der Waals surface area contributed by atoms with Crippen molar-refractivity contribution in [2.75, 3.05) is 25.1 Å². The standard InChI is InChI=1S/C19H19NO5/c1-2-23-19(22)16-10-14(8-9-17(16)25-12-15-11-24-15)20-18(21)13-6-4-3-5-7-13/h3-10,15H,2,11-12H2,1H3,(H,20,21). The van der Waals surface area contributed by atoms with Gasteiger partial charge in [-0.15, -0.1) is 0 Å². The summed E-state index contributed by atoms with van der Waals surface area (Å²) in [7, 11) is 0. The predicted octanol–water partition coefficient (Wildman–Crippen LogP) is 2.89. The number of rotatable bonds is 7. The predicted molar refractivity (Wildman–Crippen MR) is 92.0 cm³/mol. The maximum absolute atomic E-state index is 12.3. The van der Waals surface area contributed by atoms with Crippen LogP contribution in [0.2, 0.25) is 0 Å². The van der Waals surface area contributed by atoms with Crippen LogP contribution >= 0.6 is 0 Å². The summed E-state index contributed by atoms with van der Waals surface area (Å²) in [5, 5.41) is 2.77. The highest BCUT2D eigenvalue weighted by Gasteiger charge is 2.24. The summed E-state index contributed by atoms with van der Waals surface area (Å²) in [6.45, 7) is 3.03. The maximum Gasteiger partial charge on any atom is 0.341 e. The van der Waals surface area contributed by atoms with E-state index >= 15 is 0 Å². The van der Waals surface area contributed by atoms with Gasteiger partial charge < -0.3 is 19.5 Å². The molecule has 1 atom stereocenters. The first kappa shape index (κ1) is 17.0. The Morgan fingerprint density at radius 1 is 1.20 bits per heavy atom. The quantitative estimate of drug-likeness (QED) is 0.619. The summed E-state index contributed by atoms with van der Waals surface area (Å²) in [6.07, 6.45) is 0.0764. The number of nitrogens with one attached hydrogen (secondary N) is 1. The molecule has 25 heavy (non-hydrogen) atoms. The van der Waals surface area contributed by atoms with E-state index in [9.17, 15) is 9.59 Å². The second-order valence-corrected chi connectivity index (χ2v) is 5.52. The number of amides is 1. The second-order valence-electron chi connectivity index (χ2n) is 5.52. The smallest absolute Gasteiger partial charge is 0.341 e. The van der Waals surface area contributed by atoms with Crippen LogP contribution in [0.5, 0.6) is 5.75 Å². The molecule has 1 aliphatic rings. The molecular formula is C19H19NO5. The molecule has 0 aliphatic carbocycles. The molecule has 1 saturated heterocycles. The first-order valence-corrected chi connectivity index (χ1v) is 8.09. The van der Waals surface area contributed by atoms with Crippen molar-refractivity contribution in [3.8, 4) is 5.75 Å². The molecule has 6 heteroatoms. The molecule has 0 aromatic heterocycles. The van der Waals surface area contributed by atoms with Gasteiger partial charge in [-0.3, -0.25) is 4.79 Å². The van der Waals surface area contributed by atoms with E-state index in [1.807, 2.05) is 6.07 Å². The number of epoxide rings is 1. The largest absolute Gasteiger partial charge is 0.490 e. The van der Waals surface area contributed by atoms with Gasteiger partial charge in [-0.05, 0) is 37.3 Å². The average molecular weight is 341 g/mol. The fraction of sp³-hybridized carbons (Fsp3) is 0.263. The van der Waals surface area contributed by atoms with Gasteiger partial charge in [-0.25, -0.2) is 4.79 Å². The molecule has 1 fully saturated rings. The summed E-state index contributed by atoms with van der Waals surface area (Å²) in [5.74, 6) is -0.341. The van der Waals surface area contributed by atoms with Crippen molar-refractivity contribution < 1.29 is 23.8 Å². The Kier molecular flexibility index (Phi) is 5.30. The van der Waals surface area contributed by atoms with E-state index in [0.29, 0.717) is 30.2 Å². The van der Waals surface area contributed by atoms with Crippen LogP contribution in [0.25, 0.3) is 0 Å². The minimum atomic E-state index is -0.495. The van der Waals surface area contributed by atoms with E-state index in [0.717, 1.165) is 0 Å². The summed E-state index contributed by atoms with van der Waals surface area (Å²) in [5.41, 5.74) is 1.30. The monoisotopic (exact) mass is 341 g/mol. The van der Waals surface area contributed by atoms with Gasteiger partial charge in [0.15, 0.2) is 0 Å². The number of esters is 1. The van der Waals surface area contributed by atoms with Crippen molar-refractivity contribution >= 4 is 17.6 Å². The molecule has 2 aromatic rings. The van der Waals surface area contributed by atoms with Gasteiger partial charge in [0.1, 0.15) is 24.0 Å². The molecule has 1 unspecified atom stereocenters. The number of anilines is 1. The van der Waals surface area contributed by atoms with Crippen molar-refractivity contribution in [1.29, 1.82) is 0 Å². The van der Waals surface area contributed by atoms with E-state index in [1.54, 1.807) is 49.4 Å². The van der Waals surface area contributed by atoms with Gasteiger partial charge >= 0.3 is 5.97 Å². The van der Waals surface area contributed by atoms with E-state index < -0.39 is 5.97 Å². The topological polar surface area (TPSA) is 77.2 Å². The van der Waals surface area contributed by atoms with Crippen LogP contribution < -0.4 is 10.1 Å². The summed E-state index contributed by atoms with van der Waals surface area (Å²) in [6, 6.07) is 13.7. The van der Waals surface area contributed by atoms with Crippen LogP contribution in [-0.4, -0.2) is 37.8 Å². The Labute approximate surface area is 145 Å². The van der Waals surface area contributed by atoms with Crippen LogP contribution in [0.4, 0.5) is 5.69 Å². The maximum atomic E-state index is 12.3. The molecule has 0 radical (unpaired) electrons. The first-order chi connectivity index (χ1) is 12.2.